The summed E-state index contributed by atoms with van der Waals surface area (Å²) < 4.78 is 4.61. The van der Waals surface area contributed by atoms with Gasteiger partial charge >= 0.3 is 5.97 Å². The van der Waals surface area contributed by atoms with E-state index in [1.54, 1.807) is 0 Å². The molecule has 0 radical (unpaired) electrons. The molecule has 0 unspecified atom stereocenters. The molecule has 0 saturated heterocycles. The number of esters is 1. The van der Waals surface area contributed by atoms with Crippen molar-refractivity contribution in [3.8, 4) is 11.4 Å². The van der Waals surface area contributed by atoms with E-state index in [9.17, 15) is 4.79 Å². The molecule has 0 bridgehead atoms. The van der Waals surface area contributed by atoms with Gasteiger partial charge < -0.3 is 4.74 Å². The second kappa shape index (κ2) is 6.33. The van der Waals surface area contributed by atoms with Gasteiger partial charge in [0.15, 0.2) is 5.82 Å². The molecular formula is C14H14N2O2S. The number of rotatable bonds is 4. The zero-order valence-electron chi connectivity index (χ0n) is 10.8. The first-order valence-electron chi connectivity index (χ1n) is 5.80. The van der Waals surface area contributed by atoms with Crippen molar-refractivity contribution in [2.24, 2.45) is 0 Å². The van der Waals surface area contributed by atoms with E-state index in [0.717, 1.165) is 16.3 Å². The summed E-state index contributed by atoms with van der Waals surface area (Å²) in [5.74, 6) is 0.664. The Hall–Kier alpha value is -1.88. The minimum atomic E-state index is -0.262. The van der Waals surface area contributed by atoms with Crippen LogP contribution in [0.2, 0.25) is 0 Å². The van der Waals surface area contributed by atoms with Crippen molar-refractivity contribution < 1.29 is 9.53 Å². The Balaban J connectivity index is 2.22. The second-order valence-electron chi connectivity index (χ2n) is 3.90. The second-order valence-corrected chi connectivity index (χ2v) is 4.90. The SMILES string of the molecule is COC(=O)CSc1cc(C)nc(-c2ccccc2)n1. The molecule has 0 aliphatic carbocycles. The Bertz CT molecular complexity index is 573. The quantitative estimate of drug-likeness (QED) is 0.487. The number of thioether (sulfide) groups is 1. The fraction of sp³-hybridized carbons (Fsp3) is 0.214. The van der Waals surface area contributed by atoms with Gasteiger partial charge in [-0.3, -0.25) is 4.79 Å². The fourth-order valence-electron chi connectivity index (χ4n) is 1.52. The van der Waals surface area contributed by atoms with Crippen LogP contribution >= 0.6 is 11.8 Å². The first-order valence-corrected chi connectivity index (χ1v) is 6.78. The third kappa shape index (κ3) is 3.79. The number of hydrogen-bond acceptors (Lipinski definition) is 5. The molecule has 5 heteroatoms. The van der Waals surface area contributed by atoms with Crippen molar-refractivity contribution >= 4 is 17.7 Å². The predicted octanol–water partition coefficient (Wildman–Crippen LogP) is 2.72. The van der Waals surface area contributed by atoms with Crippen molar-refractivity contribution in [2.75, 3.05) is 12.9 Å². The van der Waals surface area contributed by atoms with Crippen LogP contribution in [0.15, 0.2) is 41.4 Å². The van der Waals surface area contributed by atoms with Gasteiger partial charge in [0.1, 0.15) is 5.03 Å². The molecule has 0 saturated carbocycles. The molecule has 1 aromatic heterocycles. The maximum Gasteiger partial charge on any atom is 0.316 e. The molecular weight excluding hydrogens is 260 g/mol. The number of hydrogen-bond donors (Lipinski definition) is 0. The molecule has 2 aromatic rings. The summed E-state index contributed by atoms with van der Waals surface area (Å²) in [5.41, 5.74) is 1.84. The van der Waals surface area contributed by atoms with Crippen LogP contribution in [0.25, 0.3) is 11.4 Å². The lowest BCUT2D eigenvalue weighted by atomic mass is 10.2. The van der Waals surface area contributed by atoms with Crippen LogP contribution in [-0.2, 0) is 9.53 Å². The monoisotopic (exact) mass is 274 g/mol. The standard InChI is InChI=1S/C14H14N2O2S/c1-10-8-12(19-9-13(17)18-2)16-14(15-10)11-6-4-3-5-7-11/h3-8H,9H2,1-2H3. The fourth-order valence-corrected chi connectivity index (χ4v) is 2.31. The van der Waals surface area contributed by atoms with Crippen molar-refractivity contribution in [1.29, 1.82) is 0 Å². The lowest BCUT2D eigenvalue weighted by Crippen LogP contribution is -2.04. The minimum absolute atomic E-state index is 0.251. The Labute approximate surface area is 116 Å². The average Bonchev–Trinajstić information content (AvgIpc) is 2.45. The highest BCUT2D eigenvalue weighted by molar-refractivity contribution is 7.99. The number of benzene rings is 1. The number of methoxy groups -OCH3 is 1. The number of carbonyl (C=O) groups excluding carboxylic acids is 1. The molecule has 19 heavy (non-hydrogen) atoms. The molecule has 0 aliphatic heterocycles. The van der Waals surface area contributed by atoms with E-state index in [1.165, 1.54) is 18.9 Å². The van der Waals surface area contributed by atoms with Gasteiger partial charge in [0.2, 0.25) is 0 Å². The first kappa shape index (κ1) is 13.5. The number of nitrogens with zero attached hydrogens (tertiary/aromatic N) is 2. The molecule has 1 heterocycles. The van der Waals surface area contributed by atoms with E-state index < -0.39 is 0 Å². The van der Waals surface area contributed by atoms with Gasteiger partial charge in [-0.15, -0.1) is 0 Å². The van der Waals surface area contributed by atoms with E-state index in [2.05, 4.69) is 14.7 Å². The molecule has 2 rings (SSSR count). The Morgan fingerprint density at radius 1 is 1.26 bits per heavy atom. The van der Waals surface area contributed by atoms with Crippen LogP contribution in [-0.4, -0.2) is 28.8 Å². The molecule has 0 spiro atoms. The van der Waals surface area contributed by atoms with Crippen LogP contribution < -0.4 is 0 Å². The summed E-state index contributed by atoms with van der Waals surface area (Å²) in [6.07, 6.45) is 0. The number of carbonyl (C=O) groups is 1. The minimum Gasteiger partial charge on any atom is -0.468 e. The summed E-state index contributed by atoms with van der Waals surface area (Å²) in [5, 5.41) is 0.775. The van der Waals surface area contributed by atoms with E-state index in [-0.39, 0.29) is 11.7 Å². The topological polar surface area (TPSA) is 52.1 Å². The lowest BCUT2D eigenvalue weighted by Gasteiger charge is -2.05. The van der Waals surface area contributed by atoms with Gasteiger partial charge in [-0.05, 0) is 13.0 Å². The number of aryl methyl sites for hydroxylation is 1. The Morgan fingerprint density at radius 3 is 2.68 bits per heavy atom. The third-order valence-corrected chi connectivity index (χ3v) is 3.31. The zero-order chi connectivity index (χ0) is 13.7. The molecule has 0 fully saturated rings. The van der Waals surface area contributed by atoms with Crippen LogP contribution in [0.1, 0.15) is 5.69 Å². The third-order valence-electron chi connectivity index (χ3n) is 2.43. The van der Waals surface area contributed by atoms with Crippen molar-refractivity contribution in [2.45, 2.75) is 11.9 Å². The van der Waals surface area contributed by atoms with Crippen molar-refractivity contribution in [3.05, 3.63) is 42.1 Å². The highest BCUT2D eigenvalue weighted by Crippen LogP contribution is 2.21. The van der Waals surface area contributed by atoms with Gasteiger partial charge in [-0.2, -0.15) is 0 Å². The summed E-state index contributed by atoms with van der Waals surface area (Å²) in [6, 6.07) is 11.6. The molecule has 4 nitrogen and oxygen atoms in total. The zero-order valence-corrected chi connectivity index (χ0v) is 11.6. The summed E-state index contributed by atoms with van der Waals surface area (Å²) in [4.78, 5) is 20.0. The van der Waals surface area contributed by atoms with Gasteiger partial charge in [0.25, 0.3) is 0 Å². The number of ether oxygens (including phenoxy) is 1. The van der Waals surface area contributed by atoms with E-state index in [0.29, 0.717) is 5.82 Å². The van der Waals surface area contributed by atoms with Gasteiger partial charge in [-0.25, -0.2) is 9.97 Å². The molecule has 0 atom stereocenters. The highest BCUT2D eigenvalue weighted by Gasteiger charge is 2.07. The van der Waals surface area contributed by atoms with Crippen LogP contribution in [0.4, 0.5) is 0 Å². The van der Waals surface area contributed by atoms with Crippen molar-refractivity contribution in [3.63, 3.8) is 0 Å². The van der Waals surface area contributed by atoms with Gasteiger partial charge in [0, 0.05) is 11.3 Å². The predicted molar refractivity (Wildman–Crippen MR) is 74.9 cm³/mol. The van der Waals surface area contributed by atoms with Crippen LogP contribution in [0.5, 0.6) is 0 Å². The summed E-state index contributed by atoms with van der Waals surface area (Å²) in [6.45, 7) is 1.91. The maximum atomic E-state index is 11.1. The molecule has 1 aromatic carbocycles. The Kier molecular flexibility index (Phi) is 4.52. The number of aromatic nitrogens is 2. The molecule has 0 amide bonds. The molecule has 0 aliphatic rings. The van der Waals surface area contributed by atoms with Crippen molar-refractivity contribution in [1.82, 2.24) is 9.97 Å². The normalized spacial score (nSPS) is 10.2. The largest absolute Gasteiger partial charge is 0.468 e. The van der Waals surface area contributed by atoms with E-state index >= 15 is 0 Å². The molecule has 98 valence electrons. The van der Waals surface area contributed by atoms with Gasteiger partial charge in [0.05, 0.1) is 12.9 Å². The molecule has 0 N–H and O–H groups in total. The van der Waals surface area contributed by atoms with E-state index in [1.807, 2.05) is 43.3 Å². The first-order chi connectivity index (χ1) is 9.19. The summed E-state index contributed by atoms with van der Waals surface area (Å²) in [7, 11) is 1.38. The summed E-state index contributed by atoms with van der Waals surface area (Å²) >= 11 is 1.35. The smallest absolute Gasteiger partial charge is 0.316 e. The highest BCUT2D eigenvalue weighted by atomic mass is 32.2. The Morgan fingerprint density at radius 2 is 2.00 bits per heavy atom. The van der Waals surface area contributed by atoms with Crippen LogP contribution in [0, 0.1) is 6.92 Å². The van der Waals surface area contributed by atoms with Crippen LogP contribution in [0.3, 0.4) is 0 Å². The lowest BCUT2D eigenvalue weighted by molar-refractivity contribution is -0.137. The average molecular weight is 274 g/mol. The van der Waals surface area contributed by atoms with E-state index in [4.69, 9.17) is 0 Å². The maximum absolute atomic E-state index is 11.1. The van der Waals surface area contributed by atoms with Gasteiger partial charge in [-0.1, -0.05) is 42.1 Å².